The van der Waals surface area contributed by atoms with E-state index in [9.17, 15) is 4.79 Å². The number of carbonyl (C=O) groups is 1. The molecule has 2 aromatic rings. The highest BCUT2D eigenvalue weighted by atomic mass is 32.1. The summed E-state index contributed by atoms with van der Waals surface area (Å²) >= 11 is 1.40. The van der Waals surface area contributed by atoms with E-state index < -0.39 is 0 Å². The molecular weight excluding hydrogens is 288 g/mol. The second-order valence-corrected chi connectivity index (χ2v) is 6.19. The van der Waals surface area contributed by atoms with Crippen LogP contribution in [0.1, 0.15) is 38.1 Å². The highest BCUT2D eigenvalue weighted by molar-refractivity contribution is 7.13. The van der Waals surface area contributed by atoms with Gasteiger partial charge in [0.25, 0.3) is 0 Å². The van der Waals surface area contributed by atoms with Crippen LogP contribution in [0.4, 0.5) is 5.13 Å². The second kappa shape index (κ2) is 6.82. The van der Waals surface area contributed by atoms with Crippen molar-refractivity contribution in [2.45, 2.75) is 39.3 Å². The van der Waals surface area contributed by atoms with Crippen LogP contribution in [0, 0.1) is 0 Å². The van der Waals surface area contributed by atoms with E-state index in [4.69, 9.17) is 4.52 Å². The van der Waals surface area contributed by atoms with E-state index in [-0.39, 0.29) is 11.9 Å². The summed E-state index contributed by atoms with van der Waals surface area (Å²) in [4.78, 5) is 18.1. The number of nitrogens with one attached hydrogen (secondary N) is 1. The molecule has 0 saturated heterocycles. The van der Waals surface area contributed by atoms with Gasteiger partial charge in [-0.3, -0.25) is 9.69 Å². The number of thiazole rings is 1. The first-order valence-electron chi connectivity index (χ1n) is 6.83. The Bertz CT molecular complexity index is 580. The summed E-state index contributed by atoms with van der Waals surface area (Å²) in [6.45, 7) is 6.52. The van der Waals surface area contributed by atoms with Crippen molar-refractivity contribution in [3.05, 3.63) is 29.1 Å². The lowest BCUT2D eigenvalue weighted by Gasteiger charge is -2.22. The van der Waals surface area contributed by atoms with Crippen LogP contribution in [0.25, 0.3) is 0 Å². The lowest BCUT2D eigenvalue weighted by Crippen LogP contribution is -2.39. The first-order valence-corrected chi connectivity index (χ1v) is 7.71. The van der Waals surface area contributed by atoms with Gasteiger partial charge in [-0.15, -0.1) is 11.3 Å². The van der Waals surface area contributed by atoms with Gasteiger partial charge in [-0.2, -0.15) is 0 Å². The molecule has 0 aliphatic rings. The van der Waals surface area contributed by atoms with Gasteiger partial charge >= 0.3 is 0 Å². The van der Waals surface area contributed by atoms with Gasteiger partial charge < -0.3 is 9.84 Å². The third-order valence-corrected chi connectivity index (χ3v) is 3.95. The van der Waals surface area contributed by atoms with E-state index in [1.165, 1.54) is 11.3 Å². The molecule has 1 unspecified atom stereocenters. The summed E-state index contributed by atoms with van der Waals surface area (Å²) in [5.74, 6) is 1.08. The number of anilines is 1. The fourth-order valence-corrected chi connectivity index (χ4v) is 2.29. The normalized spacial score (nSPS) is 12.9. The third-order valence-electron chi connectivity index (χ3n) is 3.26. The number of aromatic nitrogens is 2. The SMILES string of the molecule is CC(C)c1cc(CN(C)C(C)C(=O)Nc2nccs2)no1. The highest BCUT2D eigenvalue weighted by Gasteiger charge is 2.20. The van der Waals surface area contributed by atoms with Crippen molar-refractivity contribution >= 4 is 22.4 Å². The summed E-state index contributed by atoms with van der Waals surface area (Å²) in [5, 5.41) is 9.27. The zero-order valence-electron chi connectivity index (χ0n) is 12.7. The Morgan fingerprint density at radius 1 is 1.48 bits per heavy atom. The zero-order chi connectivity index (χ0) is 15.4. The van der Waals surface area contributed by atoms with Gasteiger partial charge in [0.15, 0.2) is 5.13 Å². The van der Waals surface area contributed by atoms with Gasteiger partial charge in [0.2, 0.25) is 5.91 Å². The summed E-state index contributed by atoms with van der Waals surface area (Å²) in [7, 11) is 1.88. The van der Waals surface area contributed by atoms with Crippen molar-refractivity contribution < 1.29 is 9.32 Å². The van der Waals surface area contributed by atoms with Gasteiger partial charge in [0.1, 0.15) is 5.76 Å². The van der Waals surface area contributed by atoms with Crippen LogP contribution in [-0.2, 0) is 11.3 Å². The largest absolute Gasteiger partial charge is 0.361 e. The van der Waals surface area contributed by atoms with Gasteiger partial charge in [-0.1, -0.05) is 19.0 Å². The highest BCUT2D eigenvalue weighted by Crippen LogP contribution is 2.17. The molecule has 21 heavy (non-hydrogen) atoms. The van der Waals surface area contributed by atoms with E-state index in [2.05, 4.69) is 29.3 Å². The Labute approximate surface area is 128 Å². The maximum Gasteiger partial charge on any atom is 0.243 e. The minimum Gasteiger partial charge on any atom is -0.361 e. The average Bonchev–Trinajstić information content (AvgIpc) is 3.09. The van der Waals surface area contributed by atoms with Crippen LogP contribution in [0.5, 0.6) is 0 Å². The molecule has 114 valence electrons. The maximum atomic E-state index is 12.1. The second-order valence-electron chi connectivity index (χ2n) is 5.29. The Kier molecular flexibility index (Phi) is 5.08. The van der Waals surface area contributed by atoms with Crippen molar-refractivity contribution in [1.29, 1.82) is 0 Å². The van der Waals surface area contributed by atoms with Crippen molar-refractivity contribution in [2.75, 3.05) is 12.4 Å². The van der Waals surface area contributed by atoms with Gasteiger partial charge in [0.05, 0.1) is 11.7 Å². The van der Waals surface area contributed by atoms with E-state index in [1.54, 1.807) is 6.20 Å². The van der Waals surface area contributed by atoms with Crippen molar-refractivity contribution in [3.8, 4) is 0 Å². The van der Waals surface area contributed by atoms with Crippen LogP contribution in [0.2, 0.25) is 0 Å². The summed E-state index contributed by atoms with van der Waals surface area (Å²) in [5.41, 5.74) is 0.829. The van der Waals surface area contributed by atoms with Crippen LogP contribution in [0.3, 0.4) is 0 Å². The van der Waals surface area contributed by atoms with Crippen molar-refractivity contribution in [1.82, 2.24) is 15.0 Å². The fraction of sp³-hybridized carbons (Fsp3) is 0.500. The Morgan fingerprint density at radius 2 is 2.24 bits per heavy atom. The first kappa shape index (κ1) is 15.7. The number of carbonyl (C=O) groups excluding carboxylic acids is 1. The predicted molar refractivity (Wildman–Crippen MR) is 82.3 cm³/mol. The number of rotatable bonds is 6. The van der Waals surface area contributed by atoms with Crippen LogP contribution < -0.4 is 5.32 Å². The molecule has 2 rings (SSSR count). The van der Waals surface area contributed by atoms with E-state index in [1.807, 2.05) is 30.3 Å². The molecule has 0 aliphatic heterocycles. The van der Waals surface area contributed by atoms with Gasteiger partial charge in [-0.25, -0.2) is 4.98 Å². The molecule has 0 bridgehead atoms. The molecule has 0 spiro atoms. The summed E-state index contributed by atoms with van der Waals surface area (Å²) < 4.78 is 5.27. The lowest BCUT2D eigenvalue weighted by molar-refractivity contribution is -0.120. The van der Waals surface area contributed by atoms with E-state index in [0.717, 1.165) is 11.5 Å². The Morgan fingerprint density at radius 3 is 2.81 bits per heavy atom. The lowest BCUT2D eigenvalue weighted by atomic mass is 10.1. The molecule has 6 nitrogen and oxygen atoms in total. The molecule has 0 aromatic carbocycles. The smallest absolute Gasteiger partial charge is 0.243 e. The number of likely N-dealkylation sites (N-methyl/N-ethyl adjacent to an activating group) is 1. The summed E-state index contributed by atoms with van der Waals surface area (Å²) in [6, 6.07) is 1.65. The minimum absolute atomic E-state index is 0.0833. The quantitative estimate of drug-likeness (QED) is 0.888. The molecule has 0 aliphatic carbocycles. The molecule has 0 saturated carbocycles. The Balaban J connectivity index is 1.92. The van der Waals surface area contributed by atoms with Crippen LogP contribution in [0.15, 0.2) is 22.2 Å². The number of amides is 1. The van der Waals surface area contributed by atoms with Crippen molar-refractivity contribution in [2.24, 2.45) is 0 Å². The molecule has 2 heterocycles. The van der Waals surface area contributed by atoms with Gasteiger partial charge in [0, 0.05) is 30.1 Å². The topological polar surface area (TPSA) is 71.3 Å². The van der Waals surface area contributed by atoms with E-state index >= 15 is 0 Å². The predicted octanol–water partition coefficient (Wildman–Crippen LogP) is 2.71. The number of nitrogens with zero attached hydrogens (tertiary/aromatic N) is 3. The monoisotopic (exact) mass is 308 g/mol. The van der Waals surface area contributed by atoms with Crippen LogP contribution in [-0.4, -0.2) is 34.0 Å². The van der Waals surface area contributed by atoms with Gasteiger partial charge in [-0.05, 0) is 14.0 Å². The fourth-order valence-electron chi connectivity index (χ4n) is 1.76. The molecule has 1 atom stereocenters. The average molecular weight is 308 g/mol. The molecular formula is C14H20N4O2S. The maximum absolute atomic E-state index is 12.1. The van der Waals surface area contributed by atoms with Crippen LogP contribution >= 0.6 is 11.3 Å². The molecule has 0 fully saturated rings. The number of hydrogen-bond acceptors (Lipinski definition) is 6. The molecule has 1 N–H and O–H groups in total. The minimum atomic E-state index is -0.284. The standard InChI is InChI=1S/C14H20N4O2S/c1-9(2)12-7-11(17-20-12)8-18(4)10(3)13(19)16-14-15-5-6-21-14/h5-7,9-10H,8H2,1-4H3,(H,15,16,19). The van der Waals surface area contributed by atoms with Crippen molar-refractivity contribution in [3.63, 3.8) is 0 Å². The third kappa shape index (κ3) is 4.12. The first-order chi connectivity index (χ1) is 9.97. The molecule has 0 radical (unpaired) electrons. The summed E-state index contributed by atoms with van der Waals surface area (Å²) in [6.07, 6.45) is 1.66. The molecule has 2 aromatic heterocycles. The molecule has 1 amide bonds. The molecule has 7 heteroatoms. The Hall–Kier alpha value is -1.73. The zero-order valence-corrected chi connectivity index (χ0v) is 13.5. The van der Waals surface area contributed by atoms with E-state index in [0.29, 0.717) is 17.6 Å². The number of hydrogen-bond donors (Lipinski definition) is 1.